The smallest absolute Gasteiger partial charge is 0.378 e. The minimum absolute atomic E-state index is 0.0315. The molecule has 2 fully saturated rings. The zero-order chi connectivity index (χ0) is 26.9. The first kappa shape index (κ1) is 25.9. The van der Waals surface area contributed by atoms with Crippen molar-refractivity contribution >= 4 is 11.8 Å². The Morgan fingerprint density at radius 3 is 2.05 bits per heavy atom. The summed E-state index contributed by atoms with van der Waals surface area (Å²) in [7, 11) is 1.63. The molecule has 1 N–H and O–H groups in total. The number of carbonyl (C=O) groups excluding carboxylic acids is 2. The van der Waals surface area contributed by atoms with Crippen LogP contribution in [-0.4, -0.2) is 73.1 Å². The van der Waals surface area contributed by atoms with Gasteiger partial charge in [0.15, 0.2) is 0 Å². The normalized spacial score (nSPS) is 19.9. The van der Waals surface area contributed by atoms with Gasteiger partial charge in [-0.1, -0.05) is 42.5 Å². The number of carbonyl (C=O) groups is 2. The van der Waals surface area contributed by atoms with E-state index in [1.54, 1.807) is 59.4 Å². The highest BCUT2D eigenvalue weighted by molar-refractivity contribution is 5.95. The standard InChI is InChI=1S/C29H28F3N3O3/c1-38-26-18-35(27(36)20-6-3-2-4-7-20)17-25(26)33-24-15-34(16-24)28(37)21-12-10-19(11-13-21)22-8-5-9-23(14-22)29(30,31)32/h2-14,24-26,33H,15-18H2,1H3/t25-,26-/m1/s1. The molecule has 0 saturated carbocycles. The number of nitrogens with zero attached hydrogens (tertiary/aromatic N) is 2. The monoisotopic (exact) mass is 523 g/mol. The molecule has 0 bridgehead atoms. The van der Waals surface area contributed by atoms with Crippen molar-refractivity contribution in [1.29, 1.82) is 0 Å². The third-order valence-electron chi connectivity index (χ3n) is 7.15. The summed E-state index contributed by atoms with van der Waals surface area (Å²) in [6, 6.07) is 20.9. The summed E-state index contributed by atoms with van der Waals surface area (Å²) in [6.45, 7) is 2.06. The van der Waals surface area contributed by atoms with E-state index in [0.29, 0.717) is 48.4 Å². The fourth-order valence-electron chi connectivity index (χ4n) is 5.02. The van der Waals surface area contributed by atoms with Crippen LogP contribution in [-0.2, 0) is 10.9 Å². The zero-order valence-corrected chi connectivity index (χ0v) is 20.8. The van der Waals surface area contributed by atoms with Gasteiger partial charge in [-0.3, -0.25) is 9.59 Å². The molecule has 6 nitrogen and oxygen atoms in total. The highest BCUT2D eigenvalue weighted by Crippen LogP contribution is 2.32. The summed E-state index contributed by atoms with van der Waals surface area (Å²) in [6.07, 6.45) is -4.55. The van der Waals surface area contributed by atoms with Crippen molar-refractivity contribution in [3.8, 4) is 11.1 Å². The molecule has 0 radical (unpaired) electrons. The number of likely N-dealkylation sites (tertiary alicyclic amines) is 2. The van der Waals surface area contributed by atoms with E-state index in [1.807, 2.05) is 18.2 Å². The van der Waals surface area contributed by atoms with E-state index in [0.717, 1.165) is 12.1 Å². The highest BCUT2D eigenvalue weighted by Gasteiger charge is 2.40. The predicted octanol–water partition coefficient (Wildman–Crippen LogP) is 4.33. The average Bonchev–Trinajstić information content (AvgIpc) is 3.33. The Morgan fingerprint density at radius 1 is 0.789 bits per heavy atom. The molecule has 3 aromatic rings. The van der Waals surface area contributed by atoms with E-state index in [-0.39, 0.29) is 30.0 Å². The fraction of sp³-hybridized carbons (Fsp3) is 0.310. The third-order valence-corrected chi connectivity index (χ3v) is 7.15. The van der Waals surface area contributed by atoms with Crippen LogP contribution >= 0.6 is 0 Å². The summed E-state index contributed by atoms with van der Waals surface area (Å²) < 4.78 is 44.7. The number of halogens is 3. The Balaban J connectivity index is 1.15. The lowest BCUT2D eigenvalue weighted by atomic mass is 10.00. The molecule has 0 spiro atoms. The molecule has 9 heteroatoms. The van der Waals surface area contributed by atoms with E-state index >= 15 is 0 Å². The van der Waals surface area contributed by atoms with Gasteiger partial charge in [-0.2, -0.15) is 13.2 Å². The molecule has 0 unspecified atom stereocenters. The van der Waals surface area contributed by atoms with Crippen LogP contribution < -0.4 is 5.32 Å². The molecule has 198 valence electrons. The van der Waals surface area contributed by atoms with Crippen LogP contribution in [0.4, 0.5) is 13.2 Å². The minimum atomic E-state index is -4.41. The molecule has 2 aliphatic heterocycles. The van der Waals surface area contributed by atoms with Crippen LogP contribution in [0.2, 0.25) is 0 Å². The molecule has 3 aromatic carbocycles. The lowest BCUT2D eigenvalue weighted by Crippen LogP contribution is -2.63. The Labute approximate surface area is 219 Å². The second kappa shape index (κ2) is 10.6. The summed E-state index contributed by atoms with van der Waals surface area (Å²) in [4.78, 5) is 29.3. The molecule has 0 aromatic heterocycles. The Kier molecular flexibility index (Phi) is 7.23. The average molecular weight is 524 g/mol. The Bertz CT molecular complexity index is 1290. The van der Waals surface area contributed by atoms with Gasteiger partial charge in [-0.25, -0.2) is 0 Å². The van der Waals surface area contributed by atoms with Crippen molar-refractivity contribution in [1.82, 2.24) is 15.1 Å². The number of ether oxygens (including phenoxy) is 1. The van der Waals surface area contributed by atoms with E-state index < -0.39 is 11.7 Å². The molecule has 0 aliphatic carbocycles. The highest BCUT2D eigenvalue weighted by atomic mass is 19.4. The van der Waals surface area contributed by atoms with Crippen molar-refractivity contribution in [2.75, 3.05) is 33.3 Å². The summed E-state index contributed by atoms with van der Waals surface area (Å²) >= 11 is 0. The Hall–Kier alpha value is -3.69. The molecule has 2 saturated heterocycles. The van der Waals surface area contributed by atoms with Gasteiger partial charge in [0.1, 0.15) is 0 Å². The first-order valence-electron chi connectivity index (χ1n) is 12.4. The molecule has 2 heterocycles. The van der Waals surface area contributed by atoms with Crippen LogP contribution in [0.15, 0.2) is 78.9 Å². The Morgan fingerprint density at radius 2 is 1.42 bits per heavy atom. The largest absolute Gasteiger partial charge is 0.416 e. The van der Waals surface area contributed by atoms with E-state index in [1.165, 1.54) is 6.07 Å². The molecular weight excluding hydrogens is 495 g/mol. The molecule has 2 amide bonds. The number of benzene rings is 3. The van der Waals surface area contributed by atoms with Crippen molar-refractivity contribution in [2.24, 2.45) is 0 Å². The van der Waals surface area contributed by atoms with Gasteiger partial charge in [-0.05, 0) is 47.5 Å². The van der Waals surface area contributed by atoms with Crippen molar-refractivity contribution in [3.63, 3.8) is 0 Å². The molecule has 2 aliphatic rings. The molecule has 5 rings (SSSR count). The van der Waals surface area contributed by atoms with E-state index in [9.17, 15) is 22.8 Å². The topological polar surface area (TPSA) is 61.9 Å². The lowest BCUT2D eigenvalue weighted by Gasteiger charge is -2.41. The fourth-order valence-corrected chi connectivity index (χ4v) is 5.02. The minimum Gasteiger partial charge on any atom is -0.378 e. The number of nitrogens with one attached hydrogen (secondary N) is 1. The van der Waals surface area contributed by atoms with Crippen LogP contribution in [0.25, 0.3) is 11.1 Å². The van der Waals surface area contributed by atoms with Crippen LogP contribution in [0.3, 0.4) is 0 Å². The zero-order valence-electron chi connectivity index (χ0n) is 20.8. The number of methoxy groups -OCH3 is 1. The van der Waals surface area contributed by atoms with Gasteiger partial charge >= 0.3 is 6.18 Å². The van der Waals surface area contributed by atoms with Gasteiger partial charge in [0.05, 0.1) is 17.7 Å². The quantitative estimate of drug-likeness (QED) is 0.523. The number of hydrogen-bond donors (Lipinski definition) is 1. The van der Waals surface area contributed by atoms with Crippen molar-refractivity contribution in [2.45, 2.75) is 24.4 Å². The van der Waals surface area contributed by atoms with Crippen molar-refractivity contribution in [3.05, 3.63) is 95.6 Å². The third kappa shape index (κ3) is 5.44. The summed E-state index contributed by atoms with van der Waals surface area (Å²) in [5, 5.41) is 3.53. The predicted molar refractivity (Wildman–Crippen MR) is 137 cm³/mol. The summed E-state index contributed by atoms with van der Waals surface area (Å²) in [5.74, 6) is -0.162. The van der Waals surface area contributed by atoms with Gasteiger partial charge in [0, 0.05) is 50.5 Å². The van der Waals surface area contributed by atoms with Gasteiger partial charge in [0.25, 0.3) is 11.8 Å². The van der Waals surface area contributed by atoms with Crippen LogP contribution in [0.5, 0.6) is 0 Å². The first-order valence-corrected chi connectivity index (χ1v) is 12.4. The molecule has 38 heavy (non-hydrogen) atoms. The maximum atomic E-state index is 13.0. The van der Waals surface area contributed by atoms with Gasteiger partial charge in [-0.15, -0.1) is 0 Å². The number of rotatable bonds is 6. The van der Waals surface area contributed by atoms with E-state index in [4.69, 9.17) is 4.74 Å². The second-order valence-electron chi connectivity index (χ2n) is 9.69. The van der Waals surface area contributed by atoms with E-state index in [2.05, 4.69) is 5.32 Å². The summed E-state index contributed by atoms with van der Waals surface area (Å²) in [5.41, 5.74) is 1.46. The number of alkyl halides is 3. The first-order chi connectivity index (χ1) is 18.2. The van der Waals surface area contributed by atoms with Gasteiger partial charge < -0.3 is 19.9 Å². The number of amides is 2. The maximum absolute atomic E-state index is 13.0. The lowest BCUT2D eigenvalue weighted by molar-refractivity contribution is -0.137. The SMILES string of the molecule is CO[C@@H]1CN(C(=O)c2ccccc2)C[C@H]1NC1CN(C(=O)c2ccc(-c3cccc(C(F)(F)F)c3)cc2)C1. The second-order valence-corrected chi connectivity index (χ2v) is 9.69. The van der Waals surface area contributed by atoms with Crippen LogP contribution in [0.1, 0.15) is 26.3 Å². The van der Waals surface area contributed by atoms with Gasteiger partial charge in [0.2, 0.25) is 0 Å². The van der Waals surface area contributed by atoms with Crippen molar-refractivity contribution < 1.29 is 27.5 Å². The number of hydrogen-bond acceptors (Lipinski definition) is 4. The van der Waals surface area contributed by atoms with Crippen LogP contribution in [0, 0.1) is 0 Å². The molecular formula is C29H28F3N3O3. The molecule has 2 atom stereocenters. The maximum Gasteiger partial charge on any atom is 0.416 e.